The maximum atomic E-state index is 10.2. The van der Waals surface area contributed by atoms with E-state index in [0.717, 1.165) is 11.1 Å². The van der Waals surface area contributed by atoms with E-state index >= 15 is 0 Å². The molecule has 2 aromatic rings. The zero-order valence-electron chi connectivity index (χ0n) is 17.1. The number of aliphatic imine (C=N–C) groups is 2. The van der Waals surface area contributed by atoms with Crippen molar-refractivity contribution in [3.8, 4) is 11.5 Å². The predicted molar refractivity (Wildman–Crippen MR) is 114 cm³/mol. The second-order valence-electron chi connectivity index (χ2n) is 7.63. The zero-order chi connectivity index (χ0) is 20.1. The molecule has 2 rings (SSSR count). The van der Waals surface area contributed by atoms with Crippen molar-refractivity contribution in [1.82, 2.24) is 0 Å². The zero-order valence-corrected chi connectivity index (χ0v) is 17.1. The summed E-state index contributed by atoms with van der Waals surface area (Å²) in [7, 11) is 0. The van der Waals surface area contributed by atoms with E-state index in [-0.39, 0.29) is 18.2 Å². The number of aryl methyl sites for hydroxylation is 2. The third-order valence-electron chi connectivity index (χ3n) is 4.66. The van der Waals surface area contributed by atoms with Crippen molar-refractivity contribution >= 4 is 12.4 Å². The highest BCUT2D eigenvalue weighted by Crippen LogP contribution is 2.27. The maximum Gasteiger partial charge on any atom is 0.129 e. The van der Waals surface area contributed by atoms with Gasteiger partial charge in [0, 0.05) is 23.6 Å². The molecule has 144 valence electrons. The summed E-state index contributed by atoms with van der Waals surface area (Å²) in [6.07, 6.45) is 3.31. The Hall–Kier alpha value is -2.62. The molecule has 0 atom stereocenters. The Morgan fingerprint density at radius 2 is 1.11 bits per heavy atom. The van der Waals surface area contributed by atoms with Gasteiger partial charge in [-0.2, -0.15) is 0 Å². The van der Waals surface area contributed by atoms with Gasteiger partial charge in [0.15, 0.2) is 0 Å². The molecule has 0 amide bonds. The molecule has 4 nitrogen and oxygen atoms in total. The van der Waals surface area contributed by atoms with Gasteiger partial charge in [-0.1, -0.05) is 39.8 Å². The van der Waals surface area contributed by atoms with Crippen LogP contribution >= 0.6 is 0 Å². The topological polar surface area (TPSA) is 65.2 Å². The molecular weight excluding hydrogens is 336 g/mol. The predicted octanol–water partition coefficient (Wildman–Crippen LogP) is 5.46. The van der Waals surface area contributed by atoms with Crippen LogP contribution in [-0.4, -0.2) is 29.3 Å². The fourth-order valence-corrected chi connectivity index (χ4v) is 2.86. The summed E-state index contributed by atoms with van der Waals surface area (Å²) < 4.78 is 0. The number of benzene rings is 2. The third kappa shape index (κ3) is 5.19. The lowest BCUT2D eigenvalue weighted by atomic mass is 9.97. The van der Waals surface area contributed by atoms with Crippen LogP contribution in [0.1, 0.15) is 72.9 Å². The summed E-state index contributed by atoms with van der Waals surface area (Å²) in [6.45, 7) is 12.5. The first-order chi connectivity index (χ1) is 12.7. The molecule has 0 fully saturated rings. The average Bonchev–Trinajstić information content (AvgIpc) is 2.60. The van der Waals surface area contributed by atoms with Crippen LogP contribution < -0.4 is 0 Å². The van der Waals surface area contributed by atoms with E-state index in [0.29, 0.717) is 23.0 Å². The normalized spacial score (nSPS) is 12.1. The van der Waals surface area contributed by atoms with Crippen LogP contribution in [0.25, 0.3) is 0 Å². The molecule has 2 N–H and O–H groups in total. The van der Waals surface area contributed by atoms with E-state index in [1.54, 1.807) is 12.4 Å². The number of phenols is 2. The van der Waals surface area contributed by atoms with Crippen molar-refractivity contribution in [1.29, 1.82) is 0 Å². The van der Waals surface area contributed by atoms with Crippen LogP contribution in [0.5, 0.6) is 11.5 Å². The van der Waals surface area contributed by atoms with Crippen molar-refractivity contribution in [2.45, 2.75) is 53.4 Å². The molecule has 0 unspecified atom stereocenters. The molecule has 0 radical (unpaired) electrons. The van der Waals surface area contributed by atoms with Crippen LogP contribution in [0.3, 0.4) is 0 Å². The first-order valence-electron chi connectivity index (χ1n) is 9.37. The number of hydrogen-bond acceptors (Lipinski definition) is 4. The summed E-state index contributed by atoms with van der Waals surface area (Å²) in [5, 5.41) is 20.5. The molecule has 0 aliphatic carbocycles. The summed E-state index contributed by atoms with van der Waals surface area (Å²) >= 11 is 0. The Bertz CT molecular complexity index is 794. The van der Waals surface area contributed by atoms with Crippen LogP contribution in [0.15, 0.2) is 34.3 Å². The Morgan fingerprint density at radius 1 is 0.741 bits per heavy atom. The van der Waals surface area contributed by atoms with Gasteiger partial charge in [-0.3, -0.25) is 9.98 Å². The molecule has 0 heterocycles. The first-order valence-corrected chi connectivity index (χ1v) is 9.37. The monoisotopic (exact) mass is 366 g/mol. The standard InChI is InChI=1S/C23H30N2O2/c1-14(2)18-7-16(5)22(26)20(9-18)11-24-13-25-12-21-10-19(15(3)4)8-17(6)23(21)27/h7-12,14-15,26-27H,13H2,1-6H3. The molecule has 4 heteroatoms. The van der Waals surface area contributed by atoms with E-state index in [1.807, 2.05) is 38.1 Å². The van der Waals surface area contributed by atoms with E-state index in [2.05, 4.69) is 37.7 Å². The molecule has 0 aliphatic heterocycles. The largest absolute Gasteiger partial charge is 0.507 e. The molecule has 0 saturated heterocycles. The van der Waals surface area contributed by atoms with E-state index in [1.165, 1.54) is 11.1 Å². The van der Waals surface area contributed by atoms with Gasteiger partial charge < -0.3 is 10.2 Å². The van der Waals surface area contributed by atoms with Gasteiger partial charge in [0.1, 0.15) is 18.2 Å². The van der Waals surface area contributed by atoms with Crippen molar-refractivity contribution in [3.05, 3.63) is 57.6 Å². The minimum atomic E-state index is 0.231. The van der Waals surface area contributed by atoms with Crippen molar-refractivity contribution in [2.24, 2.45) is 9.98 Å². The molecular formula is C23H30N2O2. The minimum absolute atomic E-state index is 0.231. The van der Waals surface area contributed by atoms with E-state index < -0.39 is 0 Å². The lowest BCUT2D eigenvalue weighted by Gasteiger charge is -2.10. The highest BCUT2D eigenvalue weighted by molar-refractivity contribution is 5.86. The van der Waals surface area contributed by atoms with Gasteiger partial charge in [0.25, 0.3) is 0 Å². The van der Waals surface area contributed by atoms with Gasteiger partial charge in [-0.15, -0.1) is 0 Å². The minimum Gasteiger partial charge on any atom is -0.507 e. The molecule has 2 aromatic carbocycles. The highest BCUT2D eigenvalue weighted by Gasteiger charge is 2.09. The lowest BCUT2D eigenvalue weighted by Crippen LogP contribution is -1.95. The smallest absolute Gasteiger partial charge is 0.129 e. The second-order valence-corrected chi connectivity index (χ2v) is 7.63. The summed E-state index contributed by atoms with van der Waals surface area (Å²) in [5.74, 6) is 1.28. The molecule has 27 heavy (non-hydrogen) atoms. The highest BCUT2D eigenvalue weighted by atomic mass is 16.3. The Kier molecular flexibility index (Phi) is 6.78. The van der Waals surface area contributed by atoms with Gasteiger partial charge in [-0.25, -0.2) is 0 Å². The third-order valence-corrected chi connectivity index (χ3v) is 4.66. The molecule has 0 bridgehead atoms. The maximum absolute atomic E-state index is 10.2. The lowest BCUT2D eigenvalue weighted by molar-refractivity contribution is 0.469. The van der Waals surface area contributed by atoms with Gasteiger partial charge in [0.05, 0.1) is 0 Å². The van der Waals surface area contributed by atoms with Crippen molar-refractivity contribution in [3.63, 3.8) is 0 Å². The second kappa shape index (κ2) is 8.85. The quantitative estimate of drug-likeness (QED) is 0.667. The fraction of sp³-hybridized carbons (Fsp3) is 0.391. The Labute approximate surface area is 162 Å². The van der Waals surface area contributed by atoms with Gasteiger partial charge >= 0.3 is 0 Å². The van der Waals surface area contributed by atoms with Crippen molar-refractivity contribution in [2.75, 3.05) is 6.67 Å². The number of nitrogens with zero attached hydrogens (tertiary/aromatic N) is 2. The SMILES string of the molecule is Cc1cc(C(C)C)cc(C=NCN=Cc2cc(C(C)C)cc(C)c2O)c1O. The van der Waals surface area contributed by atoms with E-state index in [4.69, 9.17) is 0 Å². The van der Waals surface area contributed by atoms with Gasteiger partial charge in [0.2, 0.25) is 0 Å². The average molecular weight is 367 g/mol. The fourth-order valence-electron chi connectivity index (χ4n) is 2.86. The van der Waals surface area contributed by atoms with Gasteiger partial charge in [-0.05, 0) is 60.1 Å². The Balaban J connectivity index is 2.15. The van der Waals surface area contributed by atoms with E-state index in [9.17, 15) is 10.2 Å². The Morgan fingerprint density at radius 3 is 1.44 bits per heavy atom. The first kappa shape index (κ1) is 20.7. The van der Waals surface area contributed by atoms with Crippen LogP contribution in [-0.2, 0) is 0 Å². The summed E-state index contributed by atoms with van der Waals surface area (Å²) in [6, 6.07) is 7.92. The van der Waals surface area contributed by atoms with Crippen molar-refractivity contribution < 1.29 is 10.2 Å². The van der Waals surface area contributed by atoms with Crippen LogP contribution in [0.2, 0.25) is 0 Å². The number of phenolic OH excluding ortho intramolecular Hbond substituents is 2. The summed E-state index contributed by atoms with van der Waals surface area (Å²) in [5.41, 5.74) is 5.43. The van der Waals surface area contributed by atoms with Crippen LogP contribution in [0.4, 0.5) is 0 Å². The molecule has 0 saturated carbocycles. The molecule has 0 spiro atoms. The molecule has 0 aromatic heterocycles. The number of aromatic hydroxyl groups is 2. The molecule has 0 aliphatic rings. The summed E-state index contributed by atoms with van der Waals surface area (Å²) in [4.78, 5) is 8.61. The number of rotatable bonds is 6. The number of hydrogen-bond donors (Lipinski definition) is 2. The van der Waals surface area contributed by atoms with Crippen LogP contribution in [0, 0.1) is 13.8 Å².